The Balaban J connectivity index is 1.46. The Labute approximate surface area is 133 Å². The van der Waals surface area contributed by atoms with E-state index in [2.05, 4.69) is 50.4 Å². The van der Waals surface area contributed by atoms with E-state index >= 15 is 0 Å². The van der Waals surface area contributed by atoms with Crippen LogP contribution in [-0.2, 0) is 10.2 Å². The Morgan fingerprint density at radius 3 is 2.32 bits per heavy atom. The van der Waals surface area contributed by atoms with Crippen molar-refractivity contribution in [1.29, 1.82) is 0 Å². The van der Waals surface area contributed by atoms with E-state index in [1.807, 2.05) is 0 Å². The highest BCUT2D eigenvalue weighted by Gasteiger charge is 2.56. The minimum atomic E-state index is 0.159. The molecule has 118 valence electrons. The highest BCUT2D eigenvalue weighted by Crippen LogP contribution is 2.61. The van der Waals surface area contributed by atoms with Crippen molar-refractivity contribution in [2.24, 2.45) is 29.6 Å². The van der Waals surface area contributed by atoms with E-state index in [4.69, 9.17) is 0 Å². The summed E-state index contributed by atoms with van der Waals surface area (Å²) in [5.74, 6) is 3.69. The number of anilines is 1. The molecule has 4 fully saturated rings. The van der Waals surface area contributed by atoms with E-state index in [-0.39, 0.29) is 17.2 Å². The van der Waals surface area contributed by atoms with Crippen molar-refractivity contribution in [2.75, 3.05) is 5.32 Å². The van der Waals surface area contributed by atoms with Crippen molar-refractivity contribution >= 4 is 11.6 Å². The van der Waals surface area contributed by atoms with Crippen molar-refractivity contribution < 1.29 is 4.79 Å². The van der Waals surface area contributed by atoms with Crippen molar-refractivity contribution in [3.8, 4) is 0 Å². The predicted molar refractivity (Wildman–Crippen MR) is 89.7 cm³/mol. The van der Waals surface area contributed by atoms with E-state index in [0.717, 1.165) is 17.5 Å². The van der Waals surface area contributed by atoms with E-state index in [1.165, 1.54) is 31.2 Å². The predicted octanol–water partition coefficient (Wildman–Crippen LogP) is 4.60. The van der Waals surface area contributed by atoms with E-state index < -0.39 is 0 Å². The van der Waals surface area contributed by atoms with Gasteiger partial charge in [0.2, 0.25) is 5.91 Å². The summed E-state index contributed by atoms with van der Waals surface area (Å²) in [6.45, 7) is 6.64. The summed E-state index contributed by atoms with van der Waals surface area (Å²) < 4.78 is 0. The van der Waals surface area contributed by atoms with E-state index in [1.54, 1.807) is 0 Å². The smallest absolute Gasteiger partial charge is 0.228 e. The fourth-order valence-electron chi connectivity index (χ4n) is 5.42. The van der Waals surface area contributed by atoms with Crippen molar-refractivity contribution in [2.45, 2.75) is 51.9 Å². The van der Waals surface area contributed by atoms with Crippen LogP contribution >= 0.6 is 0 Å². The monoisotopic (exact) mass is 297 g/mol. The molecule has 0 spiro atoms. The number of amides is 1. The second-order valence-electron chi connectivity index (χ2n) is 8.84. The van der Waals surface area contributed by atoms with Crippen LogP contribution in [-0.4, -0.2) is 5.91 Å². The Bertz CT molecular complexity index is 579. The molecular formula is C20H27NO. The van der Waals surface area contributed by atoms with Gasteiger partial charge in [-0.15, -0.1) is 0 Å². The molecule has 4 bridgehead atoms. The summed E-state index contributed by atoms with van der Waals surface area (Å²) in [7, 11) is 0. The lowest BCUT2D eigenvalue weighted by atomic mass is 9.75. The minimum Gasteiger partial charge on any atom is -0.326 e. The third kappa shape index (κ3) is 2.28. The lowest BCUT2D eigenvalue weighted by Crippen LogP contribution is -2.34. The molecule has 4 aliphatic rings. The van der Waals surface area contributed by atoms with Crippen molar-refractivity contribution in [1.82, 2.24) is 0 Å². The van der Waals surface area contributed by atoms with Gasteiger partial charge in [-0.25, -0.2) is 0 Å². The van der Waals surface area contributed by atoms with Gasteiger partial charge >= 0.3 is 0 Å². The number of carbonyl (C=O) groups is 1. The molecule has 1 aromatic carbocycles. The van der Waals surface area contributed by atoms with Gasteiger partial charge < -0.3 is 5.32 Å². The molecule has 4 aliphatic carbocycles. The Kier molecular flexibility index (Phi) is 3.15. The first-order valence-corrected chi connectivity index (χ1v) is 8.83. The molecule has 0 aliphatic heterocycles. The second-order valence-corrected chi connectivity index (χ2v) is 8.84. The summed E-state index contributed by atoms with van der Waals surface area (Å²) >= 11 is 0. The number of benzene rings is 1. The maximum atomic E-state index is 12.8. The zero-order chi connectivity index (χ0) is 15.5. The normalized spacial score (nSPS) is 35.9. The molecule has 0 heterocycles. The molecule has 1 amide bonds. The molecule has 4 saturated carbocycles. The largest absolute Gasteiger partial charge is 0.326 e. The zero-order valence-corrected chi connectivity index (χ0v) is 13.9. The van der Waals surface area contributed by atoms with Gasteiger partial charge in [-0.2, -0.15) is 0 Å². The molecule has 0 aromatic heterocycles. The Hall–Kier alpha value is -1.31. The SMILES string of the molecule is CC(C)(C)c1ccc(NC(=O)C2C3CC4CC(C3)C2C4)cc1. The van der Waals surface area contributed by atoms with Crippen LogP contribution in [0.1, 0.15) is 52.0 Å². The number of hydrogen-bond donors (Lipinski definition) is 1. The van der Waals surface area contributed by atoms with Crippen LogP contribution in [0.5, 0.6) is 0 Å². The van der Waals surface area contributed by atoms with Gasteiger partial charge in [-0.05, 0) is 72.5 Å². The average Bonchev–Trinajstić information content (AvgIpc) is 2.86. The quantitative estimate of drug-likeness (QED) is 0.849. The van der Waals surface area contributed by atoms with E-state index in [9.17, 15) is 4.79 Å². The summed E-state index contributed by atoms with van der Waals surface area (Å²) in [5.41, 5.74) is 2.42. The first-order valence-electron chi connectivity index (χ1n) is 8.83. The van der Waals surface area contributed by atoms with Crippen LogP contribution < -0.4 is 5.32 Å². The first-order chi connectivity index (χ1) is 10.4. The Morgan fingerprint density at radius 2 is 1.68 bits per heavy atom. The molecule has 0 radical (unpaired) electrons. The maximum absolute atomic E-state index is 12.8. The summed E-state index contributed by atoms with van der Waals surface area (Å²) in [4.78, 5) is 12.8. The van der Waals surface area contributed by atoms with Gasteiger partial charge in [0, 0.05) is 11.6 Å². The third-order valence-corrected chi connectivity index (χ3v) is 6.38. The number of hydrogen-bond acceptors (Lipinski definition) is 1. The van der Waals surface area contributed by atoms with Gasteiger partial charge in [-0.3, -0.25) is 4.79 Å². The number of rotatable bonds is 2. The fourth-order valence-corrected chi connectivity index (χ4v) is 5.42. The molecular weight excluding hydrogens is 270 g/mol. The first kappa shape index (κ1) is 14.3. The molecule has 2 nitrogen and oxygen atoms in total. The molecule has 2 heteroatoms. The summed E-state index contributed by atoms with van der Waals surface area (Å²) in [5, 5.41) is 3.19. The number of carbonyl (C=O) groups excluding carboxylic acids is 1. The maximum Gasteiger partial charge on any atom is 0.228 e. The van der Waals surface area contributed by atoms with Crippen LogP contribution in [0.3, 0.4) is 0 Å². The highest BCUT2D eigenvalue weighted by atomic mass is 16.1. The molecule has 1 aromatic rings. The molecule has 1 N–H and O–H groups in total. The lowest BCUT2D eigenvalue weighted by molar-refractivity contribution is -0.123. The van der Waals surface area contributed by atoms with Gasteiger partial charge in [0.15, 0.2) is 0 Å². The molecule has 5 atom stereocenters. The standard InChI is InChI=1S/C20H27NO/c1-20(2,3)15-4-6-16(7-5-15)21-19(22)18-14-9-12-8-13(11-14)17(18)10-12/h4-7,12-14,17-18H,8-11H2,1-3H3,(H,21,22). The third-order valence-electron chi connectivity index (χ3n) is 6.38. The molecule has 0 saturated heterocycles. The van der Waals surface area contributed by atoms with Crippen LogP contribution in [0.25, 0.3) is 0 Å². The van der Waals surface area contributed by atoms with E-state index in [0.29, 0.717) is 11.8 Å². The average molecular weight is 297 g/mol. The van der Waals surface area contributed by atoms with Crippen LogP contribution in [0.15, 0.2) is 24.3 Å². The van der Waals surface area contributed by atoms with Crippen LogP contribution in [0, 0.1) is 29.6 Å². The fraction of sp³-hybridized carbons (Fsp3) is 0.650. The van der Waals surface area contributed by atoms with Crippen molar-refractivity contribution in [3.63, 3.8) is 0 Å². The van der Waals surface area contributed by atoms with Gasteiger partial charge in [0.1, 0.15) is 0 Å². The molecule has 5 unspecified atom stereocenters. The van der Waals surface area contributed by atoms with Gasteiger partial charge in [-0.1, -0.05) is 32.9 Å². The van der Waals surface area contributed by atoms with Gasteiger partial charge in [0.05, 0.1) is 0 Å². The lowest BCUT2D eigenvalue weighted by Gasteiger charge is -2.31. The zero-order valence-electron chi connectivity index (χ0n) is 13.9. The molecule has 22 heavy (non-hydrogen) atoms. The van der Waals surface area contributed by atoms with Crippen LogP contribution in [0.2, 0.25) is 0 Å². The Morgan fingerprint density at radius 1 is 1.00 bits per heavy atom. The second kappa shape index (κ2) is 4.84. The summed E-state index contributed by atoms with van der Waals surface area (Å²) in [6, 6.07) is 8.40. The summed E-state index contributed by atoms with van der Waals surface area (Å²) in [6.07, 6.45) is 5.31. The van der Waals surface area contributed by atoms with Crippen molar-refractivity contribution in [3.05, 3.63) is 29.8 Å². The van der Waals surface area contributed by atoms with Crippen LogP contribution in [0.4, 0.5) is 5.69 Å². The topological polar surface area (TPSA) is 29.1 Å². The van der Waals surface area contributed by atoms with Gasteiger partial charge in [0.25, 0.3) is 0 Å². The highest BCUT2D eigenvalue weighted by molar-refractivity contribution is 5.93. The minimum absolute atomic E-state index is 0.159. The number of nitrogens with one attached hydrogen (secondary N) is 1. The molecule has 5 rings (SSSR count).